The van der Waals surface area contributed by atoms with Crippen molar-refractivity contribution in [2.24, 2.45) is 0 Å². The number of ketones is 2. The molecule has 0 amide bonds. The van der Waals surface area contributed by atoms with E-state index >= 15 is 0 Å². The fourth-order valence-corrected chi connectivity index (χ4v) is 3.87. The van der Waals surface area contributed by atoms with Crippen LogP contribution in [0.1, 0.15) is 31.8 Å². The summed E-state index contributed by atoms with van der Waals surface area (Å²) in [5.74, 6) is -0.740. The molecule has 0 saturated heterocycles. The number of carbonyl (C=O) groups excluding carboxylic acids is 2. The summed E-state index contributed by atoms with van der Waals surface area (Å²) in [6.07, 6.45) is 3.62. The van der Waals surface area contributed by atoms with Gasteiger partial charge in [0, 0.05) is 40.3 Å². The van der Waals surface area contributed by atoms with Crippen molar-refractivity contribution < 1.29 is 14.0 Å². The van der Waals surface area contributed by atoms with Crippen molar-refractivity contribution in [1.29, 1.82) is 0 Å². The monoisotopic (exact) mass is 381 g/mol. The number of Topliss-reactive ketones (excluding diaryl/α,β-unsaturated/α-hetero) is 2. The molecule has 1 heterocycles. The predicted octanol–water partition coefficient (Wildman–Crippen LogP) is 5.29. The van der Waals surface area contributed by atoms with Gasteiger partial charge in [0.15, 0.2) is 11.6 Å². The lowest BCUT2D eigenvalue weighted by molar-refractivity contribution is 0.0990. The first-order chi connectivity index (χ1) is 14.1. The molecule has 3 nitrogen and oxygen atoms in total. The lowest BCUT2D eigenvalue weighted by Gasteiger charge is -2.05. The average molecular weight is 381 g/mol. The Bertz CT molecular complexity index is 1280. The second kappa shape index (κ2) is 6.67. The van der Waals surface area contributed by atoms with Gasteiger partial charge in [-0.2, -0.15) is 0 Å². The highest BCUT2D eigenvalue weighted by molar-refractivity contribution is 6.41. The van der Waals surface area contributed by atoms with Crippen LogP contribution in [-0.2, 0) is 6.54 Å². The van der Waals surface area contributed by atoms with Gasteiger partial charge < -0.3 is 4.57 Å². The van der Waals surface area contributed by atoms with Crippen molar-refractivity contribution in [2.75, 3.05) is 0 Å². The van der Waals surface area contributed by atoms with Crippen LogP contribution in [-0.4, -0.2) is 16.1 Å². The van der Waals surface area contributed by atoms with Crippen LogP contribution in [0.5, 0.6) is 0 Å². The Kier molecular flexibility index (Phi) is 3.98. The zero-order chi connectivity index (χ0) is 20.0. The van der Waals surface area contributed by atoms with Crippen molar-refractivity contribution in [2.45, 2.75) is 6.54 Å². The predicted molar refractivity (Wildman–Crippen MR) is 111 cm³/mol. The van der Waals surface area contributed by atoms with Gasteiger partial charge in [0.25, 0.3) is 0 Å². The lowest BCUT2D eigenvalue weighted by atomic mass is 10.1. The van der Waals surface area contributed by atoms with Crippen molar-refractivity contribution in [3.63, 3.8) is 0 Å². The quantitative estimate of drug-likeness (QED) is 0.357. The molecule has 1 aliphatic rings. The molecule has 5 rings (SSSR count). The normalized spacial score (nSPS) is 13.2. The number of hydrogen-bond acceptors (Lipinski definition) is 2. The molecule has 0 unspecified atom stereocenters. The number of aromatic nitrogens is 1. The number of rotatable bonds is 3. The van der Waals surface area contributed by atoms with E-state index in [2.05, 4.69) is 0 Å². The molecule has 0 saturated carbocycles. The Morgan fingerprint density at radius 3 is 2.10 bits per heavy atom. The number of benzene rings is 3. The number of fused-ring (bicyclic) bond motifs is 2. The number of carbonyl (C=O) groups is 2. The number of para-hydroxylation sites is 1. The molecule has 1 aliphatic carbocycles. The number of nitrogens with zero attached hydrogens (tertiary/aromatic N) is 1. The number of halogens is 1. The maximum absolute atomic E-state index is 13.2. The van der Waals surface area contributed by atoms with E-state index in [9.17, 15) is 14.0 Å². The van der Waals surface area contributed by atoms with Crippen LogP contribution >= 0.6 is 0 Å². The maximum Gasteiger partial charge on any atom is 0.197 e. The van der Waals surface area contributed by atoms with Gasteiger partial charge in [0.2, 0.25) is 0 Å². The Morgan fingerprint density at radius 2 is 1.41 bits per heavy atom. The third kappa shape index (κ3) is 2.90. The number of allylic oxidation sites excluding steroid dienone is 1. The average Bonchev–Trinajstić information content (AvgIpc) is 3.21. The highest BCUT2D eigenvalue weighted by Gasteiger charge is 2.32. The molecule has 0 bridgehead atoms. The van der Waals surface area contributed by atoms with Crippen LogP contribution in [0.3, 0.4) is 0 Å². The minimum Gasteiger partial charge on any atom is -0.342 e. The van der Waals surface area contributed by atoms with Crippen LogP contribution in [0.2, 0.25) is 0 Å². The Labute approximate surface area is 166 Å². The van der Waals surface area contributed by atoms with Gasteiger partial charge in [-0.1, -0.05) is 54.6 Å². The van der Waals surface area contributed by atoms with Gasteiger partial charge in [-0.05, 0) is 29.8 Å². The van der Waals surface area contributed by atoms with Gasteiger partial charge in [0.1, 0.15) is 5.82 Å². The first-order valence-electron chi connectivity index (χ1n) is 9.34. The molecular weight excluding hydrogens is 365 g/mol. The van der Waals surface area contributed by atoms with E-state index in [-0.39, 0.29) is 23.0 Å². The Balaban J connectivity index is 1.60. The van der Waals surface area contributed by atoms with E-state index in [0.717, 1.165) is 22.0 Å². The SMILES string of the molecule is O=C1C(=Cc2cn(Cc3ccc(F)cc3)c3ccccc23)C(=O)c2ccccc21. The molecule has 4 aromatic rings. The molecule has 140 valence electrons. The summed E-state index contributed by atoms with van der Waals surface area (Å²) in [6.45, 7) is 0.562. The summed E-state index contributed by atoms with van der Waals surface area (Å²) in [5, 5.41) is 0.957. The van der Waals surface area contributed by atoms with Gasteiger partial charge in [0.05, 0.1) is 5.57 Å². The molecule has 4 heteroatoms. The summed E-state index contributed by atoms with van der Waals surface area (Å²) < 4.78 is 15.3. The standard InChI is InChI=1S/C25H16FNO2/c26-18-11-9-16(10-12-18)14-27-15-17(19-5-3-4-8-23(19)27)13-22-24(28)20-6-1-2-7-21(20)25(22)29/h1-13,15H,14H2. The van der Waals surface area contributed by atoms with Gasteiger partial charge in [-0.15, -0.1) is 0 Å². The molecule has 29 heavy (non-hydrogen) atoms. The molecule has 0 atom stereocenters. The highest BCUT2D eigenvalue weighted by atomic mass is 19.1. The topological polar surface area (TPSA) is 39.1 Å². The zero-order valence-electron chi connectivity index (χ0n) is 15.4. The van der Waals surface area contributed by atoms with E-state index in [1.54, 1.807) is 42.5 Å². The third-order valence-electron chi connectivity index (χ3n) is 5.29. The molecule has 0 fully saturated rings. The molecule has 0 N–H and O–H groups in total. The minimum atomic E-state index is -0.269. The van der Waals surface area contributed by atoms with Crippen LogP contribution < -0.4 is 0 Å². The third-order valence-corrected chi connectivity index (χ3v) is 5.29. The first kappa shape index (κ1) is 17.3. The summed E-state index contributed by atoms with van der Waals surface area (Å²) in [6, 6.07) is 21.1. The van der Waals surface area contributed by atoms with Crippen LogP contribution in [0.15, 0.2) is 84.6 Å². The van der Waals surface area contributed by atoms with Crippen molar-refractivity contribution in [3.8, 4) is 0 Å². The van der Waals surface area contributed by atoms with Crippen LogP contribution in [0.25, 0.3) is 17.0 Å². The number of hydrogen-bond donors (Lipinski definition) is 0. The van der Waals surface area contributed by atoms with Gasteiger partial charge >= 0.3 is 0 Å². The first-order valence-corrected chi connectivity index (χ1v) is 9.34. The summed E-state index contributed by atoms with van der Waals surface area (Å²) >= 11 is 0. The van der Waals surface area contributed by atoms with Crippen molar-refractivity contribution >= 4 is 28.5 Å². The molecule has 3 aromatic carbocycles. The van der Waals surface area contributed by atoms with Crippen LogP contribution in [0.4, 0.5) is 4.39 Å². The van der Waals surface area contributed by atoms with Crippen LogP contribution in [0, 0.1) is 5.82 Å². The van der Waals surface area contributed by atoms with E-state index in [1.165, 1.54) is 12.1 Å². The van der Waals surface area contributed by atoms with E-state index in [1.807, 2.05) is 35.0 Å². The smallest absolute Gasteiger partial charge is 0.197 e. The van der Waals surface area contributed by atoms with Gasteiger partial charge in [-0.3, -0.25) is 9.59 Å². The van der Waals surface area contributed by atoms with E-state index in [0.29, 0.717) is 17.7 Å². The maximum atomic E-state index is 13.2. The fraction of sp³-hybridized carbons (Fsp3) is 0.0400. The molecule has 1 aromatic heterocycles. The van der Waals surface area contributed by atoms with Gasteiger partial charge in [-0.25, -0.2) is 4.39 Å². The summed E-state index contributed by atoms with van der Waals surface area (Å²) in [5.41, 5.74) is 3.87. The molecule has 0 radical (unpaired) electrons. The van der Waals surface area contributed by atoms with Crippen molar-refractivity contribution in [3.05, 3.63) is 113 Å². The summed E-state index contributed by atoms with van der Waals surface area (Å²) in [4.78, 5) is 25.5. The second-order valence-electron chi connectivity index (χ2n) is 7.12. The van der Waals surface area contributed by atoms with E-state index in [4.69, 9.17) is 0 Å². The largest absolute Gasteiger partial charge is 0.342 e. The molecule has 0 aliphatic heterocycles. The fourth-order valence-electron chi connectivity index (χ4n) is 3.87. The lowest BCUT2D eigenvalue weighted by Crippen LogP contribution is -2.00. The Morgan fingerprint density at radius 1 is 0.793 bits per heavy atom. The second-order valence-corrected chi connectivity index (χ2v) is 7.12. The van der Waals surface area contributed by atoms with Crippen molar-refractivity contribution in [1.82, 2.24) is 4.57 Å². The summed E-state index contributed by atoms with van der Waals surface area (Å²) in [7, 11) is 0. The zero-order valence-corrected chi connectivity index (χ0v) is 15.4. The highest BCUT2D eigenvalue weighted by Crippen LogP contribution is 2.30. The molecular formula is C25H16FNO2. The minimum absolute atomic E-state index is 0.191. The Hall–Kier alpha value is -3.79. The van der Waals surface area contributed by atoms with E-state index < -0.39 is 0 Å². The molecule has 0 spiro atoms.